The lowest BCUT2D eigenvalue weighted by atomic mass is 10.2. The van der Waals surface area contributed by atoms with Crippen LogP contribution in [0.25, 0.3) is 0 Å². The Hall–Kier alpha value is -0.750. The zero-order valence-corrected chi connectivity index (χ0v) is 15.5. The number of carbonyl (C=O) groups is 1. The Kier molecular flexibility index (Phi) is 7.19. The molecule has 6 nitrogen and oxygen atoms in total. The largest absolute Gasteiger partial charge is 0.460 e. The van der Waals surface area contributed by atoms with Crippen LogP contribution < -0.4 is 0 Å². The molecule has 0 atom stereocenters. The van der Waals surface area contributed by atoms with Gasteiger partial charge in [0, 0.05) is 11.1 Å². The number of hydrogen-bond donors (Lipinski definition) is 0. The van der Waals surface area contributed by atoms with Gasteiger partial charge in [-0.1, -0.05) is 0 Å². The van der Waals surface area contributed by atoms with Gasteiger partial charge in [-0.2, -0.15) is 0 Å². The van der Waals surface area contributed by atoms with Crippen LogP contribution in [0.5, 0.6) is 0 Å². The minimum absolute atomic E-state index is 0.107. The first-order valence-corrected chi connectivity index (χ1v) is 9.75. The van der Waals surface area contributed by atoms with E-state index in [1.807, 2.05) is 20.8 Å². The van der Waals surface area contributed by atoms with Crippen molar-refractivity contribution in [2.45, 2.75) is 52.8 Å². The maximum absolute atomic E-state index is 12.4. The Morgan fingerprint density at radius 2 is 1.86 bits per heavy atom. The Bertz CT molecular complexity index is 528. The minimum Gasteiger partial charge on any atom is -0.460 e. The van der Waals surface area contributed by atoms with Crippen molar-refractivity contribution in [3.63, 3.8) is 0 Å². The number of carbonyl (C=O) groups excluding carboxylic acids is 1. The molecule has 0 aromatic carbocycles. The predicted molar refractivity (Wildman–Crippen MR) is 86.2 cm³/mol. The zero-order valence-electron chi connectivity index (χ0n) is 13.7. The molecule has 1 heterocycles. The lowest BCUT2D eigenvalue weighted by Crippen LogP contribution is -2.24. The molecule has 1 aromatic rings. The minimum atomic E-state index is -3.14. The predicted octanol–water partition coefficient (Wildman–Crippen LogP) is 3.79. The fourth-order valence-electron chi connectivity index (χ4n) is 1.72. The maximum atomic E-state index is 12.4. The van der Waals surface area contributed by atoms with E-state index in [0.717, 1.165) is 4.88 Å². The number of ether oxygens (including phenoxy) is 1. The molecule has 126 valence electrons. The molecule has 0 fully saturated rings. The molecule has 0 spiro atoms. The van der Waals surface area contributed by atoms with E-state index in [1.54, 1.807) is 20.0 Å². The number of nitrogens with zero attached hydrogens (tertiary/aromatic N) is 1. The van der Waals surface area contributed by atoms with Crippen molar-refractivity contribution in [1.29, 1.82) is 0 Å². The topological polar surface area (TPSA) is 74.7 Å². The summed E-state index contributed by atoms with van der Waals surface area (Å²) < 4.78 is 28.2. The van der Waals surface area contributed by atoms with Gasteiger partial charge in [0.2, 0.25) is 0 Å². The summed E-state index contributed by atoms with van der Waals surface area (Å²) >= 11 is 1.32. The van der Waals surface area contributed by atoms with E-state index in [4.69, 9.17) is 13.8 Å². The fourth-order valence-corrected chi connectivity index (χ4v) is 4.66. The highest BCUT2D eigenvalue weighted by Gasteiger charge is 2.26. The van der Waals surface area contributed by atoms with Crippen LogP contribution in [0, 0.1) is 0 Å². The molecule has 8 heteroatoms. The smallest absolute Gasteiger partial charge is 0.335 e. The van der Waals surface area contributed by atoms with Gasteiger partial charge in [-0.3, -0.25) is 9.36 Å². The van der Waals surface area contributed by atoms with Crippen LogP contribution in [0.3, 0.4) is 0 Å². The number of thiazole rings is 1. The summed E-state index contributed by atoms with van der Waals surface area (Å²) in [4.78, 5) is 16.7. The summed E-state index contributed by atoms with van der Waals surface area (Å²) in [5.41, 5.74) is -0.517. The molecule has 0 aliphatic rings. The second-order valence-corrected chi connectivity index (χ2v) is 8.84. The summed E-state index contributed by atoms with van der Waals surface area (Å²) in [6.45, 7) is 9.64. The van der Waals surface area contributed by atoms with Crippen LogP contribution in [0.1, 0.15) is 44.5 Å². The van der Waals surface area contributed by atoms with E-state index in [-0.39, 0.29) is 18.6 Å². The highest BCUT2D eigenvalue weighted by atomic mass is 32.1. The lowest BCUT2D eigenvalue weighted by molar-refractivity contribution is -0.153. The van der Waals surface area contributed by atoms with E-state index in [0.29, 0.717) is 18.2 Å². The number of hydrogen-bond acceptors (Lipinski definition) is 7. The number of esters is 1. The van der Waals surface area contributed by atoms with Crippen LogP contribution in [0.15, 0.2) is 6.20 Å². The quantitative estimate of drug-likeness (QED) is 0.525. The van der Waals surface area contributed by atoms with Crippen molar-refractivity contribution in [2.24, 2.45) is 0 Å². The molecule has 0 aliphatic carbocycles. The molecule has 0 saturated carbocycles. The highest BCUT2D eigenvalue weighted by molar-refractivity contribution is 7.53. The molecule has 0 saturated heterocycles. The third-order valence-electron chi connectivity index (χ3n) is 2.32. The van der Waals surface area contributed by atoms with Crippen LogP contribution >= 0.6 is 18.9 Å². The normalized spacial score (nSPS) is 12.4. The lowest BCUT2D eigenvalue weighted by Gasteiger charge is -2.18. The monoisotopic (exact) mass is 349 g/mol. The van der Waals surface area contributed by atoms with Gasteiger partial charge in [-0.05, 0) is 34.6 Å². The molecule has 22 heavy (non-hydrogen) atoms. The van der Waals surface area contributed by atoms with Gasteiger partial charge >= 0.3 is 13.6 Å². The molecule has 0 aliphatic heterocycles. The molecular weight excluding hydrogens is 325 g/mol. The summed E-state index contributed by atoms with van der Waals surface area (Å²) in [6, 6.07) is 0. The van der Waals surface area contributed by atoms with Crippen LogP contribution in [-0.4, -0.2) is 29.8 Å². The third kappa shape index (κ3) is 7.01. The van der Waals surface area contributed by atoms with E-state index >= 15 is 0 Å². The molecule has 0 unspecified atom stereocenters. The van der Waals surface area contributed by atoms with Crippen molar-refractivity contribution in [1.82, 2.24) is 4.98 Å². The SMILES string of the molecule is CCOP(=O)(Cc1cnc(CC(=O)OC(C)(C)C)s1)OCC. The zero-order chi connectivity index (χ0) is 16.8. The van der Waals surface area contributed by atoms with Crippen LogP contribution in [0.2, 0.25) is 0 Å². The van der Waals surface area contributed by atoms with Crippen molar-refractivity contribution in [3.8, 4) is 0 Å². The molecule has 0 radical (unpaired) electrons. The van der Waals surface area contributed by atoms with Crippen molar-refractivity contribution >= 4 is 24.9 Å². The Morgan fingerprint density at radius 1 is 1.27 bits per heavy atom. The van der Waals surface area contributed by atoms with Crippen molar-refractivity contribution < 1.29 is 23.1 Å². The second-order valence-electron chi connectivity index (χ2n) is 5.59. The van der Waals surface area contributed by atoms with Gasteiger partial charge in [0.25, 0.3) is 0 Å². The van der Waals surface area contributed by atoms with Gasteiger partial charge in [0.15, 0.2) is 0 Å². The molecule has 1 aromatic heterocycles. The van der Waals surface area contributed by atoms with Gasteiger partial charge < -0.3 is 13.8 Å². The van der Waals surface area contributed by atoms with Crippen LogP contribution in [-0.2, 0) is 35.7 Å². The Labute approximate surface area is 135 Å². The molecule has 0 N–H and O–H groups in total. The molecule has 0 amide bonds. The average molecular weight is 349 g/mol. The molecule has 1 rings (SSSR count). The second kappa shape index (κ2) is 8.20. The number of rotatable bonds is 8. The van der Waals surface area contributed by atoms with E-state index in [1.165, 1.54) is 11.3 Å². The van der Waals surface area contributed by atoms with Crippen molar-refractivity contribution in [2.75, 3.05) is 13.2 Å². The number of aromatic nitrogens is 1. The van der Waals surface area contributed by atoms with Crippen molar-refractivity contribution in [3.05, 3.63) is 16.1 Å². The highest BCUT2D eigenvalue weighted by Crippen LogP contribution is 2.51. The van der Waals surface area contributed by atoms with E-state index in [9.17, 15) is 9.36 Å². The summed E-state index contributed by atoms with van der Waals surface area (Å²) in [7, 11) is -3.14. The van der Waals surface area contributed by atoms with Gasteiger partial charge in [-0.25, -0.2) is 4.98 Å². The van der Waals surface area contributed by atoms with E-state index in [2.05, 4.69) is 4.98 Å². The summed E-state index contributed by atoms with van der Waals surface area (Å²) in [6.07, 6.45) is 1.88. The van der Waals surface area contributed by atoms with E-state index < -0.39 is 13.2 Å². The standard InChI is InChI=1S/C14H24NO5PS/c1-6-18-21(17,19-7-2)10-11-9-15-12(22-11)8-13(16)20-14(3,4)5/h9H,6-8,10H2,1-5H3. The fraction of sp³-hybridized carbons (Fsp3) is 0.714. The first-order valence-electron chi connectivity index (χ1n) is 7.21. The Balaban J connectivity index is 2.67. The molecular formula is C14H24NO5PS. The van der Waals surface area contributed by atoms with Crippen LogP contribution in [0.4, 0.5) is 0 Å². The van der Waals surface area contributed by atoms with Gasteiger partial charge in [0.1, 0.15) is 10.6 Å². The first kappa shape index (κ1) is 19.3. The Morgan fingerprint density at radius 3 is 2.36 bits per heavy atom. The molecule has 0 bridgehead atoms. The first-order chi connectivity index (χ1) is 10.2. The summed E-state index contributed by atoms with van der Waals surface area (Å²) in [5.74, 6) is -0.328. The maximum Gasteiger partial charge on any atom is 0.335 e. The summed E-state index contributed by atoms with van der Waals surface area (Å²) in [5, 5.41) is 0.629. The van der Waals surface area contributed by atoms with Gasteiger partial charge in [0.05, 0.1) is 25.8 Å². The average Bonchev–Trinajstić information content (AvgIpc) is 2.73. The third-order valence-corrected chi connectivity index (χ3v) is 5.56. The van der Waals surface area contributed by atoms with Gasteiger partial charge in [-0.15, -0.1) is 11.3 Å².